The van der Waals surface area contributed by atoms with E-state index < -0.39 is 0 Å². The molecule has 0 unspecified atom stereocenters. The summed E-state index contributed by atoms with van der Waals surface area (Å²) in [6.07, 6.45) is 3.65. The third-order valence-corrected chi connectivity index (χ3v) is 5.70. The second kappa shape index (κ2) is 12.2. The van der Waals surface area contributed by atoms with Gasteiger partial charge in [0.05, 0.1) is 17.4 Å². The third-order valence-electron chi connectivity index (χ3n) is 5.70. The molecule has 0 aliphatic heterocycles. The Kier molecular flexibility index (Phi) is 9.04. The number of imidazole rings is 1. The second-order valence-electron chi connectivity index (χ2n) is 9.36. The van der Waals surface area contributed by atoms with Crippen LogP contribution < -0.4 is 10.1 Å². The van der Waals surface area contributed by atoms with Crippen molar-refractivity contribution in [1.82, 2.24) is 14.9 Å². The molecule has 0 fully saturated rings. The van der Waals surface area contributed by atoms with Gasteiger partial charge in [0, 0.05) is 43.4 Å². The molecule has 36 heavy (non-hydrogen) atoms. The normalized spacial score (nSPS) is 11.7. The molecule has 0 aliphatic carbocycles. The Bertz CT molecular complexity index is 1250. The molecular formula is C29H34N4O3. The van der Waals surface area contributed by atoms with Gasteiger partial charge in [-0.15, -0.1) is 0 Å². The van der Waals surface area contributed by atoms with Gasteiger partial charge >= 0.3 is 0 Å². The van der Waals surface area contributed by atoms with E-state index in [1.165, 1.54) is 6.07 Å². The van der Waals surface area contributed by atoms with Crippen molar-refractivity contribution in [2.45, 2.75) is 52.2 Å². The molecule has 0 spiro atoms. The lowest BCUT2D eigenvalue weighted by molar-refractivity contribution is 0.0930. The number of nitrogens with zero attached hydrogens (tertiary/aromatic N) is 3. The molecule has 7 nitrogen and oxygen atoms in total. The van der Waals surface area contributed by atoms with E-state index in [0.29, 0.717) is 29.7 Å². The van der Waals surface area contributed by atoms with E-state index in [1.54, 1.807) is 12.1 Å². The van der Waals surface area contributed by atoms with Crippen LogP contribution in [-0.4, -0.2) is 39.3 Å². The number of hydrogen-bond acceptors (Lipinski definition) is 5. The number of aromatic nitrogens is 2. The van der Waals surface area contributed by atoms with E-state index >= 15 is 0 Å². The number of carbonyl (C=O) groups excluding carboxylic acids is 1. The van der Waals surface area contributed by atoms with Gasteiger partial charge in [-0.1, -0.05) is 36.4 Å². The van der Waals surface area contributed by atoms with Crippen LogP contribution in [0.4, 0.5) is 0 Å². The summed E-state index contributed by atoms with van der Waals surface area (Å²) < 4.78 is 7.66. The van der Waals surface area contributed by atoms with Crippen molar-refractivity contribution in [2.75, 3.05) is 6.61 Å². The monoisotopic (exact) mass is 486 g/mol. The average molecular weight is 487 g/mol. The van der Waals surface area contributed by atoms with E-state index in [1.807, 2.05) is 62.8 Å². The van der Waals surface area contributed by atoms with Crippen molar-refractivity contribution >= 4 is 5.91 Å². The molecule has 2 N–H and O–H groups in total. The number of carbonyl (C=O) groups is 1. The predicted octanol–water partition coefficient (Wildman–Crippen LogP) is 4.59. The number of nitrogens with one attached hydrogen (secondary N) is 1. The number of allylic oxidation sites excluding steroid dienone is 1. The molecule has 0 radical (unpaired) electrons. The molecule has 3 aromatic rings. The van der Waals surface area contributed by atoms with Crippen molar-refractivity contribution in [3.8, 4) is 23.1 Å². The summed E-state index contributed by atoms with van der Waals surface area (Å²) in [6.45, 7) is 9.67. The van der Waals surface area contributed by atoms with Gasteiger partial charge in [-0.3, -0.25) is 4.79 Å². The number of rotatable bonds is 11. The summed E-state index contributed by atoms with van der Waals surface area (Å²) in [5, 5.41) is 22.0. The zero-order chi connectivity index (χ0) is 26.2. The Morgan fingerprint density at radius 1 is 1.25 bits per heavy atom. The fourth-order valence-electron chi connectivity index (χ4n) is 3.94. The maximum absolute atomic E-state index is 12.9. The minimum atomic E-state index is -0.295. The maximum atomic E-state index is 12.9. The summed E-state index contributed by atoms with van der Waals surface area (Å²) in [5.41, 5.74) is 4.70. The summed E-state index contributed by atoms with van der Waals surface area (Å²) in [5.74, 6) is 1.13. The van der Waals surface area contributed by atoms with Gasteiger partial charge in [-0.25, -0.2) is 4.98 Å². The number of ether oxygens (including phenoxy) is 1. The highest BCUT2D eigenvalue weighted by atomic mass is 16.5. The fraction of sp³-hybridized carbons (Fsp3) is 0.345. The van der Waals surface area contributed by atoms with Crippen molar-refractivity contribution < 1.29 is 14.6 Å². The van der Waals surface area contributed by atoms with Crippen LogP contribution >= 0.6 is 0 Å². The largest absolute Gasteiger partial charge is 0.490 e. The molecule has 0 aliphatic rings. The van der Waals surface area contributed by atoms with E-state index in [9.17, 15) is 15.2 Å². The van der Waals surface area contributed by atoms with Crippen LogP contribution in [0.3, 0.4) is 0 Å². The smallest absolute Gasteiger partial charge is 0.251 e. The van der Waals surface area contributed by atoms with E-state index in [-0.39, 0.29) is 24.7 Å². The summed E-state index contributed by atoms with van der Waals surface area (Å²) in [4.78, 5) is 17.6. The summed E-state index contributed by atoms with van der Waals surface area (Å²) >= 11 is 0. The fourth-order valence-corrected chi connectivity index (χ4v) is 3.94. The van der Waals surface area contributed by atoms with Gasteiger partial charge < -0.3 is 19.7 Å². The molecule has 0 saturated carbocycles. The van der Waals surface area contributed by atoms with Crippen LogP contribution in [0.25, 0.3) is 11.3 Å². The Morgan fingerprint density at radius 3 is 2.58 bits per heavy atom. The third kappa shape index (κ3) is 7.06. The highest BCUT2D eigenvalue weighted by Gasteiger charge is 2.17. The first-order valence-electron chi connectivity index (χ1n) is 12.1. The zero-order valence-corrected chi connectivity index (χ0v) is 21.4. The molecule has 1 aromatic heterocycles. The molecule has 0 saturated heterocycles. The number of nitriles is 1. The maximum Gasteiger partial charge on any atom is 0.251 e. The number of aryl methyl sites for hydroxylation is 1. The summed E-state index contributed by atoms with van der Waals surface area (Å²) in [7, 11) is 1.98. The van der Waals surface area contributed by atoms with Crippen molar-refractivity contribution in [2.24, 2.45) is 7.05 Å². The van der Waals surface area contributed by atoms with Crippen LogP contribution in [0.5, 0.6) is 5.75 Å². The average Bonchev–Trinajstić information content (AvgIpc) is 3.18. The Hall–Kier alpha value is -3.89. The highest BCUT2D eigenvalue weighted by Crippen LogP contribution is 2.22. The van der Waals surface area contributed by atoms with Gasteiger partial charge in [0.15, 0.2) is 0 Å². The van der Waals surface area contributed by atoms with Crippen LogP contribution in [0.1, 0.15) is 54.5 Å². The van der Waals surface area contributed by atoms with Gasteiger partial charge in [0.1, 0.15) is 17.6 Å². The minimum absolute atomic E-state index is 0.0485. The first kappa shape index (κ1) is 26.7. The number of hydrogen-bond donors (Lipinski definition) is 2. The summed E-state index contributed by atoms with van der Waals surface area (Å²) in [6, 6.07) is 14.7. The SMILES string of the molecule is C=C(C)Cc1nc(-c2ccc(C[C@@H](CCO)NC(=O)c3ccc(OC(C)C)c(C#N)c3)cc2)cn1C. The van der Waals surface area contributed by atoms with Crippen LogP contribution in [0, 0.1) is 11.3 Å². The lowest BCUT2D eigenvalue weighted by atomic mass is 10.0. The molecule has 188 valence electrons. The molecule has 3 rings (SSSR count). The van der Waals surface area contributed by atoms with Gasteiger partial charge in [0.2, 0.25) is 0 Å². The van der Waals surface area contributed by atoms with Crippen molar-refractivity contribution in [3.05, 3.63) is 83.3 Å². The zero-order valence-electron chi connectivity index (χ0n) is 21.4. The first-order chi connectivity index (χ1) is 17.2. The standard InChI is InChI=1S/C29H34N4O3/c1-19(2)14-28-32-26(18-33(28)5)22-8-6-21(7-9-22)15-25(12-13-34)31-29(35)23-10-11-27(36-20(3)4)24(16-23)17-30/h6-11,16,18,20,25,34H,1,12-15H2,2-5H3,(H,31,35)/t25-/m1/s1. The van der Waals surface area contributed by atoms with Crippen LogP contribution in [0.2, 0.25) is 0 Å². The quantitative estimate of drug-likeness (QED) is 0.386. The second-order valence-corrected chi connectivity index (χ2v) is 9.36. The van der Waals surface area contributed by atoms with Crippen molar-refractivity contribution in [3.63, 3.8) is 0 Å². The van der Waals surface area contributed by atoms with Gasteiger partial charge in [-0.2, -0.15) is 5.26 Å². The van der Waals surface area contributed by atoms with E-state index in [0.717, 1.165) is 34.6 Å². The van der Waals surface area contributed by atoms with Crippen LogP contribution in [-0.2, 0) is 19.9 Å². The number of aliphatic hydroxyl groups excluding tert-OH is 1. The highest BCUT2D eigenvalue weighted by molar-refractivity contribution is 5.95. The number of amides is 1. The first-order valence-corrected chi connectivity index (χ1v) is 12.1. The topological polar surface area (TPSA) is 100 Å². The van der Waals surface area contributed by atoms with E-state index in [4.69, 9.17) is 9.72 Å². The molecule has 2 aromatic carbocycles. The number of benzene rings is 2. The molecule has 1 heterocycles. The Labute approximate surface area is 213 Å². The Balaban J connectivity index is 1.70. The van der Waals surface area contributed by atoms with Crippen molar-refractivity contribution in [1.29, 1.82) is 5.26 Å². The molecule has 0 bridgehead atoms. The predicted molar refractivity (Wildman–Crippen MR) is 141 cm³/mol. The van der Waals surface area contributed by atoms with E-state index in [2.05, 4.69) is 18.0 Å². The minimum Gasteiger partial charge on any atom is -0.490 e. The van der Waals surface area contributed by atoms with Gasteiger partial charge in [-0.05, 0) is 57.4 Å². The molecule has 7 heteroatoms. The molecule has 1 amide bonds. The lowest BCUT2D eigenvalue weighted by Crippen LogP contribution is -2.37. The molecule has 1 atom stereocenters. The number of aliphatic hydroxyl groups is 1. The van der Waals surface area contributed by atoms with Crippen LogP contribution in [0.15, 0.2) is 60.8 Å². The van der Waals surface area contributed by atoms with Gasteiger partial charge in [0.25, 0.3) is 5.91 Å². The molecular weight excluding hydrogens is 452 g/mol. The lowest BCUT2D eigenvalue weighted by Gasteiger charge is -2.19. The Morgan fingerprint density at radius 2 is 1.97 bits per heavy atom.